The van der Waals surface area contributed by atoms with E-state index in [0.717, 1.165) is 23.2 Å². The molecule has 0 saturated heterocycles. The van der Waals surface area contributed by atoms with Gasteiger partial charge in [0.25, 0.3) is 0 Å². The SMILES string of the molecule is CN=C(NCCc1cc(Cl)cc(Cl)c1)NCC1CC(=O)Nc2ccccc21.I. The Hall–Kier alpha value is -1.51. The maximum Gasteiger partial charge on any atom is 0.225 e. The number of nitrogens with zero attached hydrogens (tertiary/aromatic N) is 1. The molecule has 1 atom stereocenters. The van der Waals surface area contributed by atoms with Crippen molar-refractivity contribution in [1.82, 2.24) is 10.6 Å². The summed E-state index contributed by atoms with van der Waals surface area (Å²) >= 11 is 12.1. The quantitative estimate of drug-likeness (QED) is 0.303. The van der Waals surface area contributed by atoms with Gasteiger partial charge in [0.05, 0.1) is 0 Å². The van der Waals surface area contributed by atoms with E-state index in [1.807, 2.05) is 30.3 Å². The fraction of sp³-hybridized carbons (Fsp3) is 0.300. The maximum absolute atomic E-state index is 11.9. The highest BCUT2D eigenvalue weighted by atomic mass is 127. The number of fused-ring (bicyclic) bond motifs is 1. The third kappa shape index (κ3) is 6.25. The summed E-state index contributed by atoms with van der Waals surface area (Å²) in [5.41, 5.74) is 3.10. The number of anilines is 1. The number of amides is 1. The van der Waals surface area contributed by atoms with Crippen LogP contribution in [0.5, 0.6) is 0 Å². The van der Waals surface area contributed by atoms with E-state index in [9.17, 15) is 4.79 Å². The second-order valence-electron chi connectivity index (χ2n) is 6.44. The molecule has 0 bridgehead atoms. The summed E-state index contributed by atoms with van der Waals surface area (Å²) in [5, 5.41) is 10.8. The van der Waals surface area contributed by atoms with E-state index < -0.39 is 0 Å². The highest BCUT2D eigenvalue weighted by Gasteiger charge is 2.24. The van der Waals surface area contributed by atoms with Crippen molar-refractivity contribution in [2.24, 2.45) is 4.99 Å². The number of para-hydroxylation sites is 1. The van der Waals surface area contributed by atoms with Crippen LogP contribution < -0.4 is 16.0 Å². The lowest BCUT2D eigenvalue weighted by atomic mass is 9.90. The second-order valence-corrected chi connectivity index (χ2v) is 7.32. The van der Waals surface area contributed by atoms with Crippen molar-refractivity contribution >= 4 is 64.7 Å². The van der Waals surface area contributed by atoms with Crippen LogP contribution in [0.2, 0.25) is 10.0 Å². The zero-order chi connectivity index (χ0) is 19.2. The molecule has 1 amide bonds. The molecule has 2 aromatic rings. The largest absolute Gasteiger partial charge is 0.356 e. The normalized spacial score (nSPS) is 15.9. The van der Waals surface area contributed by atoms with Crippen LogP contribution in [0.4, 0.5) is 5.69 Å². The fourth-order valence-electron chi connectivity index (χ4n) is 3.20. The minimum atomic E-state index is 0. The summed E-state index contributed by atoms with van der Waals surface area (Å²) in [5.74, 6) is 0.855. The highest BCUT2D eigenvalue weighted by Crippen LogP contribution is 2.31. The fourth-order valence-corrected chi connectivity index (χ4v) is 3.78. The van der Waals surface area contributed by atoms with Gasteiger partial charge in [0.15, 0.2) is 5.96 Å². The molecule has 0 fully saturated rings. The van der Waals surface area contributed by atoms with Crippen LogP contribution in [0, 0.1) is 0 Å². The smallest absolute Gasteiger partial charge is 0.225 e. The predicted molar refractivity (Wildman–Crippen MR) is 127 cm³/mol. The van der Waals surface area contributed by atoms with Gasteiger partial charge in [-0.3, -0.25) is 9.79 Å². The van der Waals surface area contributed by atoms with Crippen molar-refractivity contribution < 1.29 is 4.79 Å². The van der Waals surface area contributed by atoms with Crippen molar-refractivity contribution in [1.29, 1.82) is 0 Å². The number of nitrogens with one attached hydrogen (secondary N) is 3. The Bertz CT molecular complexity index is 840. The average Bonchev–Trinajstić information content (AvgIpc) is 2.63. The molecule has 5 nitrogen and oxygen atoms in total. The molecule has 0 aromatic heterocycles. The van der Waals surface area contributed by atoms with Gasteiger partial charge in [0.1, 0.15) is 0 Å². The topological polar surface area (TPSA) is 65.5 Å². The van der Waals surface area contributed by atoms with Crippen molar-refractivity contribution in [2.75, 3.05) is 25.5 Å². The van der Waals surface area contributed by atoms with Crippen LogP contribution in [-0.4, -0.2) is 32.0 Å². The zero-order valence-corrected chi connectivity index (χ0v) is 19.3. The van der Waals surface area contributed by atoms with Gasteiger partial charge in [0.2, 0.25) is 5.91 Å². The Morgan fingerprint density at radius 1 is 1.18 bits per heavy atom. The van der Waals surface area contributed by atoms with Gasteiger partial charge in [-0.05, 0) is 41.8 Å². The van der Waals surface area contributed by atoms with Crippen LogP contribution in [0.25, 0.3) is 0 Å². The van der Waals surface area contributed by atoms with Gasteiger partial charge in [-0.15, -0.1) is 24.0 Å². The summed E-state index contributed by atoms with van der Waals surface area (Å²) in [6.45, 7) is 1.32. The van der Waals surface area contributed by atoms with Gasteiger partial charge >= 0.3 is 0 Å². The Balaban J connectivity index is 0.00000280. The molecule has 2 aromatic carbocycles. The third-order valence-corrected chi connectivity index (χ3v) is 4.91. The molecule has 28 heavy (non-hydrogen) atoms. The molecule has 150 valence electrons. The minimum Gasteiger partial charge on any atom is -0.356 e. The number of benzene rings is 2. The monoisotopic (exact) mass is 532 g/mol. The molecule has 8 heteroatoms. The van der Waals surface area contributed by atoms with E-state index in [4.69, 9.17) is 23.2 Å². The Kier molecular flexibility index (Phi) is 8.85. The van der Waals surface area contributed by atoms with E-state index in [1.54, 1.807) is 13.1 Å². The molecular weight excluding hydrogens is 510 g/mol. The third-order valence-electron chi connectivity index (χ3n) is 4.47. The number of aliphatic imine (C=N–C) groups is 1. The lowest BCUT2D eigenvalue weighted by molar-refractivity contribution is -0.116. The molecule has 1 aliphatic heterocycles. The number of rotatable bonds is 5. The number of hydrogen-bond donors (Lipinski definition) is 3. The van der Waals surface area contributed by atoms with Gasteiger partial charge in [-0.1, -0.05) is 41.4 Å². The number of hydrogen-bond acceptors (Lipinski definition) is 2. The lowest BCUT2D eigenvalue weighted by Crippen LogP contribution is -2.41. The van der Waals surface area contributed by atoms with Gasteiger partial charge in [-0.2, -0.15) is 0 Å². The first-order valence-corrected chi connectivity index (χ1v) is 9.59. The van der Waals surface area contributed by atoms with Crippen LogP contribution in [0.3, 0.4) is 0 Å². The van der Waals surface area contributed by atoms with Crippen molar-refractivity contribution in [3.63, 3.8) is 0 Å². The van der Waals surface area contributed by atoms with E-state index in [1.165, 1.54) is 0 Å². The zero-order valence-electron chi connectivity index (χ0n) is 15.5. The Morgan fingerprint density at radius 3 is 2.61 bits per heavy atom. The average molecular weight is 533 g/mol. The summed E-state index contributed by atoms with van der Waals surface area (Å²) in [7, 11) is 1.73. The molecule has 0 radical (unpaired) electrons. The van der Waals surface area contributed by atoms with Crippen molar-refractivity contribution in [2.45, 2.75) is 18.8 Å². The molecule has 1 heterocycles. The van der Waals surface area contributed by atoms with Gasteiger partial charge < -0.3 is 16.0 Å². The maximum atomic E-state index is 11.9. The number of carbonyl (C=O) groups is 1. The summed E-state index contributed by atoms with van der Waals surface area (Å²) in [4.78, 5) is 16.2. The van der Waals surface area contributed by atoms with Gasteiger partial charge in [0, 0.05) is 48.2 Å². The first-order valence-electron chi connectivity index (χ1n) is 8.83. The summed E-state index contributed by atoms with van der Waals surface area (Å²) in [6, 6.07) is 13.4. The molecule has 0 aliphatic carbocycles. The van der Waals surface area contributed by atoms with E-state index >= 15 is 0 Å². The number of carbonyl (C=O) groups excluding carboxylic acids is 1. The van der Waals surface area contributed by atoms with E-state index in [0.29, 0.717) is 35.5 Å². The van der Waals surface area contributed by atoms with Crippen LogP contribution in [0.1, 0.15) is 23.5 Å². The summed E-state index contributed by atoms with van der Waals surface area (Å²) < 4.78 is 0. The van der Waals surface area contributed by atoms with Crippen LogP contribution in [-0.2, 0) is 11.2 Å². The molecule has 0 spiro atoms. The molecule has 3 N–H and O–H groups in total. The molecular formula is C20H23Cl2IN4O. The molecule has 1 unspecified atom stereocenters. The van der Waals surface area contributed by atoms with Crippen molar-refractivity contribution in [3.8, 4) is 0 Å². The first-order chi connectivity index (χ1) is 13.0. The van der Waals surface area contributed by atoms with Crippen LogP contribution >= 0.6 is 47.2 Å². The highest BCUT2D eigenvalue weighted by molar-refractivity contribution is 14.0. The van der Waals surface area contributed by atoms with Crippen LogP contribution in [0.15, 0.2) is 47.5 Å². The first kappa shape index (κ1) is 22.8. The molecule has 1 aliphatic rings. The minimum absolute atomic E-state index is 0. The Morgan fingerprint density at radius 2 is 1.89 bits per heavy atom. The van der Waals surface area contributed by atoms with Gasteiger partial charge in [-0.25, -0.2) is 0 Å². The Labute approximate surface area is 192 Å². The molecule has 3 rings (SSSR count). The van der Waals surface area contributed by atoms with E-state index in [-0.39, 0.29) is 35.8 Å². The predicted octanol–water partition coefficient (Wildman–Crippen LogP) is 4.44. The lowest BCUT2D eigenvalue weighted by Gasteiger charge is -2.26. The van der Waals surface area contributed by atoms with E-state index in [2.05, 4.69) is 27.0 Å². The second kappa shape index (κ2) is 10.9. The van der Waals surface area contributed by atoms with Crippen molar-refractivity contribution in [3.05, 3.63) is 63.6 Å². The number of guanidine groups is 1. The molecule has 0 saturated carbocycles. The number of halogens is 3. The standard InChI is InChI=1S/C20H22Cl2N4O.HI/c1-23-20(24-7-6-13-8-15(21)11-16(22)9-13)25-12-14-10-19(27)26-18-5-3-2-4-17(14)18;/h2-5,8-9,11,14H,6-7,10,12H2,1H3,(H,26,27)(H2,23,24,25);1H. The summed E-state index contributed by atoms with van der Waals surface area (Å²) in [6.07, 6.45) is 1.23.